The molecule has 170 valence electrons. The number of rotatable bonds is 6. The lowest BCUT2D eigenvalue weighted by atomic mass is 10.3. The van der Waals surface area contributed by atoms with Crippen molar-refractivity contribution >= 4 is 5.82 Å². The van der Waals surface area contributed by atoms with Crippen molar-refractivity contribution in [2.75, 3.05) is 37.6 Å². The summed E-state index contributed by atoms with van der Waals surface area (Å²) in [6, 6.07) is 5.26. The third kappa shape index (κ3) is 4.51. The highest BCUT2D eigenvalue weighted by Crippen LogP contribution is 2.14. The Morgan fingerprint density at radius 2 is 1.73 bits per heavy atom. The van der Waals surface area contributed by atoms with Crippen LogP contribution in [-0.4, -0.2) is 81.9 Å². The zero-order chi connectivity index (χ0) is 22.8. The van der Waals surface area contributed by atoms with Crippen molar-refractivity contribution in [1.82, 2.24) is 49.2 Å². The monoisotopic (exact) mass is 447 g/mol. The van der Waals surface area contributed by atoms with E-state index >= 15 is 0 Å². The maximum atomic E-state index is 12.3. The van der Waals surface area contributed by atoms with E-state index in [4.69, 9.17) is 0 Å². The number of piperazine rings is 1. The Kier molecular flexibility index (Phi) is 5.65. The van der Waals surface area contributed by atoms with Gasteiger partial charge >= 0.3 is 0 Å². The van der Waals surface area contributed by atoms with Gasteiger partial charge in [-0.2, -0.15) is 10.2 Å². The molecule has 0 spiro atoms. The van der Waals surface area contributed by atoms with Crippen LogP contribution in [0.25, 0.3) is 11.6 Å². The van der Waals surface area contributed by atoms with Gasteiger partial charge in [-0.15, -0.1) is 5.10 Å². The predicted molar refractivity (Wildman–Crippen MR) is 121 cm³/mol. The summed E-state index contributed by atoms with van der Waals surface area (Å²) in [4.78, 5) is 29.8. The lowest BCUT2D eigenvalue weighted by molar-refractivity contribution is 0.242. The highest BCUT2D eigenvalue weighted by molar-refractivity contribution is 5.39. The van der Waals surface area contributed by atoms with Crippen LogP contribution < -0.4 is 10.5 Å². The third-order valence-electron chi connectivity index (χ3n) is 5.67. The molecule has 5 rings (SSSR count). The van der Waals surface area contributed by atoms with E-state index in [0.29, 0.717) is 18.2 Å². The van der Waals surface area contributed by atoms with E-state index in [1.54, 1.807) is 40.2 Å². The Labute approximate surface area is 190 Å². The normalized spacial score (nSPS) is 14.7. The van der Waals surface area contributed by atoms with Crippen molar-refractivity contribution < 1.29 is 0 Å². The van der Waals surface area contributed by atoms with Crippen LogP contribution in [0.1, 0.15) is 11.4 Å². The molecule has 0 amide bonds. The average Bonchev–Trinajstić information content (AvgIpc) is 3.49. The average molecular weight is 448 g/mol. The van der Waals surface area contributed by atoms with Gasteiger partial charge in [-0.3, -0.25) is 14.7 Å². The first-order chi connectivity index (χ1) is 16.1. The second-order valence-corrected chi connectivity index (χ2v) is 8.00. The molecule has 4 aromatic heterocycles. The molecule has 12 heteroatoms. The van der Waals surface area contributed by atoms with Crippen LogP contribution in [0, 0.1) is 13.8 Å². The molecule has 1 saturated heterocycles. The quantitative estimate of drug-likeness (QED) is 0.410. The minimum absolute atomic E-state index is 0.112. The SMILES string of the molecule is Cc1cc(C)n(-c2ccc(=O)n(CCN3CCN(c4cncc(-n5cncn5)n4)CC3)n2)n1. The zero-order valence-corrected chi connectivity index (χ0v) is 18.6. The lowest BCUT2D eigenvalue weighted by Crippen LogP contribution is -2.48. The highest BCUT2D eigenvalue weighted by atomic mass is 16.1. The fraction of sp³-hybridized carbons (Fsp3) is 0.381. The summed E-state index contributed by atoms with van der Waals surface area (Å²) in [5, 5.41) is 13.1. The number of hydrogen-bond acceptors (Lipinski definition) is 9. The van der Waals surface area contributed by atoms with Gasteiger partial charge in [-0.1, -0.05) is 0 Å². The van der Waals surface area contributed by atoms with E-state index in [0.717, 1.165) is 49.9 Å². The van der Waals surface area contributed by atoms with Crippen LogP contribution in [0.5, 0.6) is 0 Å². The van der Waals surface area contributed by atoms with Gasteiger partial charge in [0.2, 0.25) is 0 Å². The summed E-state index contributed by atoms with van der Waals surface area (Å²) < 4.78 is 4.88. The molecule has 1 aliphatic heterocycles. The van der Waals surface area contributed by atoms with Crippen LogP contribution in [-0.2, 0) is 6.54 Å². The van der Waals surface area contributed by atoms with E-state index in [1.165, 1.54) is 11.0 Å². The first kappa shape index (κ1) is 20.9. The van der Waals surface area contributed by atoms with Crippen molar-refractivity contribution in [2.45, 2.75) is 20.4 Å². The summed E-state index contributed by atoms with van der Waals surface area (Å²) in [5.41, 5.74) is 1.79. The van der Waals surface area contributed by atoms with E-state index in [2.05, 4.69) is 40.0 Å². The van der Waals surface area contributed by atoms with Crippen molar-refractivity contribution in [1.29, 1.82) is 0 Å². The smallest absolute Gasteiger partial charge is 0.266 e. The molecule has 33 heavy (non-hydrogen) atoms. The molecule has 0 bridgehead atoms. The molecule has 0 aliphatic carbocycles. The summed E-state index contributed by atoms with van der Waals surface area (Å²) in [6.45, 7) is 8.55. The number of anilines is 1. The molecule has 4 aromatic rings. The fourth-order valence-electron chi connectivity index (χ4n) is 3.94. The van der Waals surface area contributed by atoms with Crippen molar-refractivity contribution in [3.63, 3.8) is 0 Å². The Morgan fingerprint density at radius 1 is 0.909 bits per heavy atom. The van der Waals surface area contributed by atoms with Crippen molar-refractivity contribution in [3.05, 3.63) is 65.0 Å². The third-order valence-corrected chi connectivity index (χ3v) is 5.67. The zero-order valence-electron chi connectivity index (χ0n) is 18.6. The van der Waals surface area contributed by atoms with Gasteiger partial charge < -0.3 is 4.90 Å². The molecular weight excluding hydrogens is 422 g/mol. The maximum Gasteiger partial charge on any atom is 0.266 e. The maximum absolute atomic E-state index is 12.3. The largest absolute Gasteiger partial charge is 0.353 e. The van der Waals surface area contributed by atoms with Crippen LogP contribution in [0.4, 0.5) is 5.82 Å². The van der Waals surface area contributed by atoms with Crippen molar-refractivity contribution in [2.24, 2.45) is 0 Å². The molecule has 0 N–H and O–H groups in total. The Hall–Kier alpha value is -3.93. The number of nitrogens with zero attached hydrogens (tertiary/aromatic N) is 11. The molecule has 0 saturated carbocycles. The number of aryl methyl sites for hydroxylation is 2. The molecule has 0 aromatic carbocycles. The number of aromatic nitrogens is 9. The van der Waals surface area contributed by atoms with Gasteiger partial charge in [0.15, 0.2) is 11.6 Å². The van der Waals surface area contributed by atoms with Crippen LogP contribution in [0.2, 0.25) is 0 Å². The molecular formula is C21H25N11O. The molecule has 12 nitrogen and oxygen atoms in total. The number of hydrogen-bond donors (Lipinski definition) is 0. The summed E-state index contributed by atoms with van der Waals surface area (Å²) >= 11 is 0. The summed E-state index contributed by atoms with van der Waals surface area (Å²) in [5.74, 6) is 2.11. The van der Waals surface area contributed by atoms with Gasteiger partial charge in [-0.25, -0.2) is 24.0 Å². The molecule has 5 heterocycles. The molecule has 0 atom stereocenters. The fourth-order valence-corrected chi connectivity index (χ4v) is 3.94. The molecule has 0 unspecified atom stereocenters. The molecule has 1 aliphatic rings. The Morgan fingerprint density at radius 3 is 2.45 bits per heavy atom. The van der Waals surface area contributed by atoms with Crippen LogP contribution in [0.3, 0.4) is 0 Å². The van der Waals surface area contributed by atoms with Gasteiger partial charge in [0.25, 0.3) is 5.56 Å². The predicted octanol–water partition coefficient (Wildman–Crippen LogP) is 0.239. The van der Waals surface area contributed by atoms with Gasteiger partial charge in [0, 0.05) is 44.5 Å². The molecule has 0 radical (unpaired) electrons. The first-order valence-electron chi connectivity index (χ1n) is 10.8. The summed E-state index contributed by atoms with van der Waals surface area (Å²) in [7, 11) is 0. The Balaban J connectivity index is 1.20. The Bertz CT molecular complexity index is 1290. The standard InChI is InChI=1S/C21H25N11O/c1-16-11-17(2)32(26-16)18-3-4-21(33)30(27-18)10-7-28-5-8-29(9-6-28)19-12-22-13-20(25-19)31-15-23-14-24-31/h3-4,11-15H,5-10H2,1-2H3. The van der Waals surface area contributed by atoms with Gasteiger partial charge in [-0.05, 0) is 26.0 Å². The van der Waals surface area contributed by atoms with Gasteiger partial charge in [0.1, 0.15) is 18.5 Å². The molecule has 1 fully saturated rings. The highest BCUT2D eigenvalue weighted by Gasteiger charge is 2.19. The second-order valence-electron chi connectivity index (χ2n) is 8.00. The van der Waals surface area contributed by atoms with Crippen LogP contribution in [0.15, 0.2) is 48.0 Å². The van der Waals surface area contributed by atoms with E-state index < -0.39 is 0 Å². The topological polar surface area (TPSA) is 116 Å². The summed E-state index contributed by atoms with van der Waals surface area (Å²) in [6.07, 6.45) is 6.51. The second kappa shape index (κ2) is 8.90. The first-order valence-corrected chi connectivity index (χ1v) is 10.8. The minimum Gasteiger partial charge on any atom is -0.353 e. The lowest BCUT2D eigenvalue weighted by Gasteiger charge is -2.35. The van der Waals surface area contributed by atoms with E-state index in [9.17, 15) is 4.79 Å². The van der Waals surface area contributed by atoms with E-state index in [1.807, 2.05) is 19.9 Å². The van der Waals surface area contributed by atoms with Crippen molar-refractivity contribution in [3.8, 4) is 11.6 Å². The van der Waals surface area contributed by atoms with E-state index in [-0.39, 0.29) is 5.56 Å². The van der Waals surface area contributed by atoms with Gasteiger partial charge in [0.05, 0.1) is 24.6 Å². The minimum atomic E-state index is -0.112. The van der Waals surface area contributed by atoms with Crippen LogP contribution >= 0.6 is 0 Å².